The van der Waals surface area contributed by atoms with Crippen LogP contribution in [-0.2, 0) is 14.3 Å². The normalized spacial score (nSPS) is 17.6. The summed E-state index contributed by atoms with van der Waals surface area (Å²) in [4.78, 5) is 11.6. The first-order valence-corrected chi connectivity index (χ1v) is 6.07. The van der Waals surface area contributed by atoms with Crippen molar-refractivity contribution in [2.24, 2.45) is 0 Å². The highest BCUT2D eigenvalue weighted by Gasteiger charge is 2.30. The molecule has 1 aromatic carbocycles. The molecule has 0 fully saturated rings. The maximum atomic E-state index is 11.6. The second kappa shape index (κ2) is 5.27. The summed E-state index contributed by atoms with van der Waals surface area (Å²) in [6.45, 7) is 0. The Balaban J connectivity index is 2.56. The van der Waals surface area contributed by atoms with Gasteiger partial charge in [-0.15, -0.1) is 0 Å². The van der Waals surface area contributed by atoms with E-state index in [1.165, 1.54) is 7.11 Å². The fourth-order valence-corrected chi connectivity index (χ4v) is 2.20. The van der Waals surface area contributed by atoms with Gasteiger partial charge in [0.25, 0.3) is 5.91 Å². The van der Waals surface area contributed by atoms with Crippen LogP contribution in [-0.4, -0.2) is 20.1 Å². The van der Waals surface area contributed by atoms with Crippen molar-refractivity contribution in [2.45, 2.75) is 0 Å². The third-order valence-electron chi connectivity index (χ3n) is 2.54. The maximum absolute atomic E-state index is 11.6. The molecule has 0 bridgehead atoms. The van der Waals surface area contributed by atoms with Gasteiger partial charge in [0.2, 0.25) is 0 Å². The fraction of sp³-hybridized carbons (Fsp3) is 0.154. The van der Waals surface area contributed by atoms with E-state index in [9.17, 15) is 4.79 Å². The van der Waals surface area contributed by atoms with E-state index in [1.54, 1.807) is 7.11 Å². The van der Waals surface area contributed by atoms with Gasteiger partial charge in [-0.2, -0.15) is 0 Å². The zero-order valence-corrected chi connectivity index (χ0v) is 11.6. The van der Waals surface area contributed by atoms with Gasteiger partial charge < -0.3 is 14.8 Å². The van der Waals surface area contributed by atoms with Gasteiger partial charge >= 0.3 is 0 Å². The Morgan fingerprint density at radius 1 is 1.22 bits per heavy atom. The van der Waals surface area contributed by atoms with E-state index in [1.807, 2.05) is 30.3 Å². The Labute approximate surface area is 113 Å². The number of benzene rings is 1. The van der Waals surface area contributed by atoms with E-state index in [0.29, 0.717) is 21.7 Å². The van der Waals surface area contributed by atoms with Crippen LogP contribution in [0.5, 0.6) is 0 Å². The number of amides is 1. The molecule has 0 saturated carbocycles. The van der Waals surface area contributed by atoms with Crippen molar-refractivity contribution in [3.05, 3.63) is 51.8 Å². The lowest BCUT2D eigenvalue weighted by atomic mass is 10.1. The average molecular weight is 310 g/mol. The van der Waals surface area contributed by atoms with Gasteiger partial charge in [-0.05, 0) is 15.9 Å². The Bertz CT molecular complexity index is 534. The number of carbonyl (C=O) groups excluding carboxylic acids is 1. The number of carbonyl (C=O) groups is 1. The van der Waals surface area contributed by atoms with Gasteiger partial charge in [-0.3, -0.25) is 4.79 Å². The summed E-state index contributed by atoms with van der Waals surface area (Å²) in [6.07, 6.45) is 0. The molecule has 5 heteroatoms. The summed E-state index contributed by atoms with van der Waals surface area (Å²) in [6, 6.07) is 9.51. The molecule has 1 heterocycles. The van der Waals surface area contributed by atoms with Gasteiger partial charge in [-0.1, -0.05) is 30.3 Å². The molecule has 0 spiro atoms. The van der Waals surface area contributed by atoms with Crippen LogP contribution in [0.1, 0.15) is 5.56 Å². The Hall–Kier alpha value is -1.75. The molecule has 0 radical (unpaired) electrons. The van der Waals surface area contributed by atoms with Crippen LogP contribution in [0.15, 0.2) is 46.3 Å². The molecule has 4 nitrogen and oxygen atoms in total. The first-order valence-electron chi connectivity index (χ1n) is 5.28. The van der Waals surface area contributed by atoms with Crippen LogP contribution in [0.4, 0.5) is 0 Å². The molecule has 1 N–H and O–H groups in total. The van der Waals surface area contributed by atoms with Gasteiger partial charge in [0.1, 0.15) is 10.2 Å². The molecule has 2 rings (SSSR count). The highest BCUT2D eigenvalue weighted by Crippen LogP contribution is 2.31. The van der Waals surface area contributed by atoms with E-state index >= 15 is 0 Å². The van der Waals surface area contributed by atoms with E-state index in [2.05, 4.69) is 21.2 Å². The van der Waals surface area contributed by atoms with Crippen molar-refractivity contribution in [1.82, 2.24) is 5.32 Å². The molecular weight excluding hydrogens is 298 g/mol. The first-order chi connectivity index (χ1) is 8.69. The number of rotatable bonds is 3. The van der Waals surface area contributed by atoms with Crippen molar-refractivity contribution < 1.29 is 14.3 Å². The molecule has 1 aliphatic rings. The van der Waals surface area contributed by atoms with Crippen molar-refractivity contribution in [2.75, 3.05) is 14.2 Å². The summed E-state index contributed by atoms with van der Waals surface area (Å²) >= 11 is 3.19. The van der Waals surface area contributed by atoms with Crippen LogP contribution in [0, 0.1) is 0 Å². The van der Waals surface area contributed by atoms with Crippen LogP contribution in [0.2, 0.25) is 0 Å². The lowest BCUT2D eigenvalue weighted by Crippen LogP contribution is -2.17. The van der Waals surface area contributed by atoms with Crippen molar-refractivity contribution >= 4 is 27.6 Å². The fourth-order valence-electron chi connectivity index (χ4n) is 1.74. The standard InChI is InChI=1S/C13H12BrNO3/c1-17-11(8-6-4-3-5-7-8)10-12(18-2)9(14)13(16)15-10/h3-7H,1-2H3,(H,15,16)/b11-10-. The van der Waals surface area contributed by atoms with E-state index in [-0.39, 0.29) is 5.91 Å². The third kappa shape index (κ3) is 2.13. The van der Waals surface area contributed by atoms with Gasteiger partial charge in [-0.25, -0.2) is 0 Å². The number of hydrogen-bond donors (Lipinski definition) is 1. The Morgan fingerprint density at radius 3 is 2.44 bits per heavy atom. The zero-order chi connectivity index (χ0) is 13.1. The third-order valence-corrected chi connectivity index (χ3v) is 3.26. The molecule has 18 heavy (non-hydrogen) atoms. The number of hydrogen-bond acceptors (Lipinski definition) is 3. The molecule has 94 valence electrons. The van der Waals surface area contributed by atoms with Crippen molar-refractivity contribution in [1.29, 1.82) is 0 Å². The molecule has 0 aromatic heterocycles. The van der Waals surface area contributed by atoms with Crippen LogP contribution < -0.4 is 5.32 Å². The summed E-state index contributed by atoms with van der Waals surface area (Å²) in [7, 11) is 3.07. The second-order valence-electron chi connectivity index (χ2n) is 3.58. The topological polar surface area (TPSA) is 47.6 Å². The number of methoxy groups -OCH3 is 2. The number of ether oxygens (including phenoxy) is 2. The van der Waals surface area contributed by atoms with E-state index in [4.69, 9.17) is 9.47 Å². The number of halogens is 1. The first kappa shape index (κ1) is 12.7. The molecule has 1 amide bonds. The predicted octanol–water partition coefficient (Wildman–Crippen LogP) is 2.38. The van der Waals surface area contributed by atoms with Crippen LogP contribution in [0.25, 0.3) is 5.76 Å². The maximum Gasteiger partial charge on any atom is 0.266 e. The molecule has 0 aliphatic carbocycles. The predicted molar refractivity (Wildman–Crippen MR) is 71.5 cm³/mol. The molecular formula is C13H12BrNO3. The Kier molecular flexibility index (Phi) is 3.72. The van der Waals surface area contributed by atoms with E-state index < -0.39 is 0 Å². The quantitative estimate of drug-likeness (QED) is 0.872. The molecule has 0 saturated heterocycles. The highest BCUT2D eigenvalue weighted by atomic mass is 79.9. The minimum Gasteiger partial charge on any atom is -0.494 e. The second-order valence-corrected chi connectivity index (χ2v) is 4.37. The summed E-state index contributed by atoms with van der Waals surface area (Å²) in [5, 5.41) is 2.72. The van der Waals surface area contributed by atoms with Crippen molar-refractivity contribution in [3.8, 4) is 0 Å². The summed E-state index contributed by atoms with van der Waals surface area (Å²) in [5.41, 5.74) is 1.40. The largest absolute Gasteiger partial charge is 0.494 e. The SMILES string of the molecule is COC1=C(Br)C(=O)N/C1=C(\OC)c1ccccc1. The summed E-state index contributed by atoms with van der Waals surface area (Å²) in [5.74, 6) is 0.767. The molecule has 1 aliphatic heterocycles. The molecule has 0 atom stereocenters. The minimum absolute atomic E-state index is 0.243. The molecule has 1 aromatic rings. The number of nitrogens with one attached hydrogen (secondary N) is 1. The van der Waals surface area contributed by atoms with Gasteiger partial charge in [0, 0.05) is 5.56 Å². The summed E-state index contributed by atoms with van der Waals surface area (Å²) < 4.78 is 11.0. The van der Waals surface area contributed by atoms with Gasteiger partial charge in [0.15, 0.2) is 11.5 Å². The van der Waals surface area contributed by atoms with Crippen LogP contribution in [0.3, 0.4) is 0 Å². The minimum atomic E-state index is -0.243. The highest BCUT2D eigenvalue weighted by molar-refractivity contribution is 9.12. The van der Waals surface area contributed by atoms with E-state index in [0.717, 1.165) is 5.56 Å². The smallest absolute Gasteiger partial charge is 0.266 e. The zero-order valence-electron chi connectivity index (χ0n) is 9.99. The Morgan fingerprint density at radius 2 is 1.89 bits per heavy atom. The lowest BCUT2D eigenvalue weighted by molar-refractivity contribution is -0.115. The van der Waals surface area contributed by atoms with Crippen molar-refractivity contribution in [3.63, 3.8) is 0 Å². The van der Waals surface area contributed by atoms with Gasteiger partial charge in [0.05, 0.1) is 14.2 Å². The lowest BCUT2D eigenvalue weighted by Gasteiger charge is -2.12. The molecule has 0 unspecified atom stereocenters. The monoisotopic (exact) mass is 309 g/mol. The average Bonchev–Trinajstić information content (AvgIpc) is 2.67. The van der Waals surface area contributed by atoms with Crippen LogP contribution >= 0.6 is 15.9 Å².